The number of hydrogen-bond donors (Lipinski definition) is 4. The van der Waals surface area contributed by atoms with Crippen LogP contribution in [-0.4, -0.2) is 102 Å². The summed E-state index contributed by atoms with van der Waals surface area (Å²) in [6.45, 7) is -0.482. The molecule has 7 aromatic rings. The van der Waals surface area contributed by atoms with E-state index < -0.39 is 40.9 Å². The Bertz CT molecular complexity index is 2870. The van der Waals surface area contributed by atoms with Crippen molar-refractivity contribution in [3.8, 4) is 39.8 Å². The average molecular weight is 880 g/mol. The van der Waals surface area contributed by atoms with Gasteiger partial charge in [-0.15, -0.1) is 10.2 Å². The van der Waals surface area contributed by atoms with Crippen molar-refractivity contribution in [3.63, 3.8) is 0 Å². The highest BCUT2D eigenvalue weighted by Gasteiger charge is 2.42. The highest BCUT2D eigenvalue weighted by Crippen LogP contribution is 2.44. The number of sulfone groups is 1. The normalized spacial score (nSPS) is 15.6. The van der Waals surface area contributed by atoms with Crippen molar-refractivity contribution < 1.29 is 36.2 Å². The summed E-state index contributed by atoms with van der Waals surface area (Å²) in [5.41, 5.74) is 9.75. The second-order valence-electron chi connectivity index (χ2n) is 14.8. The largest absolute Gasteiger partial charge is 0.497 e. The lowest BCUT2D eigenvalue weighted by Crippen LogP contribution is -2.33. The number of aromatic nitrogens is 6. The number of fused-ring (bicyclic) bond motifs is 1. The van der Waals surface area contributed by atoms with Crippen molar-refractivity contribution in [1.82, 2.24) is 39.8 Å². The molecular weight excluding hydrogens is 835 g/mol. The molecule has 19 heteroatoms. The smallest absolute Gasteiger partial charge is 0.245 e. The number of methoxy groups -OCH3 is 3. The summed E-state index contributed by atoms with van der Waals surface area (Å²) >= 11 is 0. The van der Waals surface area contributed by atoms with Crippen molar-refractivity contribution in [1.29, 1.82) is 0 Å². The Morgan fingerprint density at radius 2 is 1.39 bits per heavy atom. The molecule has 2 aromatic heterocycles. The summed E-state index contributed by atoms with van der Waals surface area (Å²) in [4.78, 5) is 7.89. The molecule has 322 valence electrons. The molecule has 0 amide bonds. The number of H-pyrrole nitrogens is 1. The molecule has 1 aliphatic heterocycles. The third-order valence-corrected chi connectivity index (χ3v) is 15.1. The molecule has 8 rings (SSSR count). The number of aromatic amines is 1. The number of benzene rings is 5. The molecule has 0 bridgehead atoms. The summed E-state index contributed by atoms with van der Waals surface area (Å²) in [6.07, 6.45) is 0.0545. The number of nitrogens with zero attached hydrogens (tertiary/aromatic N) is 6. The first-order chi connectivity index (χ1) is 29.9. The second kappa shape index (κ2) is 17.5. The van der Waals surface area contributed by atoms with E-state index in [1.165, 1.54) is 29.4 Å². The van der Waals surface area contributed by atoms with Crippen molar-refractivity contribution in [2.24, 2.45) is 0 Å². The predicted molar refractivity (Wildman–Crippen MR) is 232 cm³/mol. The van der Waals surface area contributed by atoms with Gasteiger partial charge in [0.15, 0.2) is 15.8 Å². The Balaban J connectivity index is 1.40. The maximum absolute atomic E-state index is 16.0. The monoisotopic (exact) mass is 879 g/mol. The molecule has 17 nitrogen and oxygen atoms in total. The van der Waals surface area contributed by atoms with Crippen LogP contribution in [0.15, 0.2) is 113 Å². The van der Waals surface area contributed by atoms with E-state index in [1.807, 2.05) is 12.1 Å². The Hall–Kier alpha value is -6.38. The zero-order valence-electron chi connectivity index (χ0n) is 34.1. The number of ether oxygens (including phenoxy) is 3. The van der Waals surface area contributed by atoms with Gasteiger partial charge in [0.05, 0.1) is 61.2 Å². The Labute approximate surface area is 358 Å². The van der Waals surface area contributed by atoms with E-state index in [-0.39, 0.29) is 62.1 Å². The van der Waals surface area contributed by atoms with Crippen molar-refractivity contribution in [2.75, 3.05) is 40.2 Å². The van der Waals surface area contributed by atoms with Crippen LogP contribution in [0.25, 0.3) is 33.5 Å². The summed E-state index contributed by atoms with van der Waals surface area (Å²) in [7, 11) is -4.69. The number of aliphatic hydroxyl groups excluding tert-OH is 1. The molecular formula is C43H45N9O8S2. The molecule has 5 aromatic carbocycles. The number of tetrazole rings is 1. The third kappa shape index (κ3) is 8.44. The summed E-state index contributed by atoms with van der Waals surface area (Å²) in [5.74, 6) is 1.79. The van der Waals surface area contributed by atoms with Crippen LogP contribution in [0, 0.1) is 0 Å². The third-order valence-electron chi connectivity index (χ3n) is 10.9. The van der Waals surface area contributed by atoms with Gasteiger partial charge in [-0.05, 0) is 82.4 Å². The molecule has 5 N–H and O–H groups in total. The SMILES string of the molecule is COc1ccc(CN(Cc2ccc(OC)cc2)S(=O)(=O)c2c(S(=O)(=O)[C@H]3CN[C@H](CO)C3)ccc(-c3cccc4[nH]c(N)nc34)c2-c2nnn(Cc3ccc(OC)cc3)n2)cc1. The summed E-state index contributed by atoms with van der Waals surface area (Å²) in [6, 6.07) is 28.8. The Kier molecular flexibility index (Phi) is 12.0. The molecule has 0 spiro atoms. The van der Waals surface area contributed by atoms with E-state index in [9.17, 15) is 5.11 Å². The number of nitrogens with two attached hydrogens (primary N) is 1. The topological polar surface area (TPSA) is 230 Å². The molecule has 1 fully saturated rings. The number of anilines is 1. The van der Waals surface area contributed by atoms with Crippen LogP contribution in [0.5, 0.6) is 17.2 Å². The maximum atomic E-state index is 16.0. The molecule has 1 saturated heterocycles. The predicted octanol–water partition coefficient (Wildman–Crippen LogP) is 4.43. The zero-order chi connectivity index (χ0) is 43.6. The van der Waals surface area contributed by atoms with E-state index in [2.05, 4.69) is 25.6 Å². The summed E-state index contributed by atoms with van der Waals surface area (Å²) < 4.78 is 79.4. The number of para-hydroxylation sites is 1. The molecule has 0 radical (unpaired) electrons. The van der Waals surface area contributed by atoms with Gasteiger partial charge in [-0.3, -0.25) is 0 Å². The van der Waals surface area contributed by atoms with Gasteiger partial charge in [-0.1, -0.05) is 54.6 Å². The minimum atomic E-state index is -4.87. The van der Waals surface area contributed by atoms with Crippen molar-refractivity contribution >= 4 is 36.8 Å². The number of nitrogen functional groups attached to an aromatic ring is 1. The molecule has 1 aliphatic rings. The molecule has 62 heavy (non-hydrogen) atoms. The van der Waals surface area contributed by atoms with Gasteiger partial charge >= 0.3 is 0 Å². The fourth-order valence-corrected chi connectivity index (χ4v) is 11.7. The van der Waals surface area contributed by atoms with E-state index in [1.54, 1.807) is 92.0 Å². The standard InChI is InChI=1S/C43H45N9O8S2/c1-58-31-13-7-27(8-14-31)23-51(24-28-9-15-32(59-2)16-10-28)62(56,57)41-38(61(54,55)34-21-30(26-53)45-22-34)20-19-35(36-5-4-6-37-40(36)47-43(44)46-37)39(41)42-48-50-52(49-42)25-29-11-17-33(60-3)18-12-29/h4-20,30,34,45,53H,21-26H2,1-3H3,(H3,44,46,47)/t30-,34+/m0/s1. The van der Waals surface area contributed by atoms with Crippen molar-refractivity contribution in [3.05, 3.63) is 120 Å². The highest BCUT2D eigenvalue weighted by atomic mass is 32.2. The quantitative estimate of drug-likeness (QED) is 0.105. The number of aliphatic hydroxyl groups is 1. The second-order valence-corrected chi connectivity index (χ2v) is 18.9. The number of hydrogen-bond acceptors (Lipinski definition) is 14. The van der Waals surface area contributed by atoms with Crippen LogP contribution in [0.2, 0.25) is 0 Å². The van der Waals surface area contributed by atoms with Gasteiger partial charge in [0, 0.05) is 31.2 Å². The minimum Gasteiger partial charge on any atom is -0.497 e. The first kappa shape index (κ1) is 42.3. The van der Waals surface area contributed by atoms with E-state index >= 15 is 16.8 Å². The van der Waals surface area contributed by atoms with Crippen molar-refractivity contribution in [2.45, 2.75) is 47.1 Å². The number of rotatable bonds is 16. The van der Waals surface area contributed by atoms with Gasteiger partial charge in [0.25, 0.3) is 0 Å². The van der Waals surface area contributed by atoms with Gasteiger partial charge in [0.1, 0.15) is 22.1 Å². The van der Waals surface area contributed by atoms with Gasteiger partial charge in [0.2, 0.25) is 15.8 Å². The molecule has 0 unspecified atom stereocenters. The van der Waals surface area contributed by atoms with Crippen LogP contribution >= 0.6 is 0 Å². The number of imidazole rings is 1. The van der Waals surface area contributed by atoms with E-state index in [0.29, 0.717) is 45.0 Å². The van der Waals surface area contributed by atoms with Crippen LogP contribution in [0.4, 0.5) is 5.95 Å². The number of nitrogens with one attached hydrogen (secondary N) is 2. The Morgan fingerprint density at radius 1 is 0.790 bits per heavy atom. The molecule has 3 heterocycles. The lowest BCUT2D eigenvalue weighted by molar-refractivity contribution is 0.255. The zero-order valence-corrected chi connectivity index (χ0v) is 35.7. The van der Waals surface area contributed by atoms with Gasteiger partial charge < -0.3 is 35.4 Å². The van der Waals surface area contributed by atoms with Crippen LogP contribution in [-0.2, 0) is 39.5 Å². The minimum absolute atomic E-state index is 0.00626. The lowest BCUT2D eigenvalue weighted by Gasteiger charge is -2.27. The first-order valence-electron chi connectivity index (χ1n) is 19.6. The van der Waals surface area contributed by atoms with Gasteiger partial charge in [-0.25, -0.2) is 21.8 Å². The first-order valence-corrected chi connectivity index (χ1v) is 22.6. The van der Waals surface area contributed by atoms with Gasteiger partial charge in [-0.2, -0.15) is 9.10 Å². The molecule has 0 saturated carbocycles. The highest BCUT2D eigenvalue weighted by molar-refractivity contribution is 7.94. The lowest BCUT2D eigenvalue weighted by atomic mass is 9.98. The van der Waals surface area contributed by atoms with Crippen LogP contribution in [0.1, 0.15) is 23.1 Å². The molecule has 2 atom stereocenters. The van der Waals surface area contributed by atoms with Crippen LogP contribution in [0.3, 0.4) is 0 Å². The van der Waals surface area contributed by atoms with E-state index in [4.69, 9.17) is 25.0 Å². The average Bonchev–Trinajstić information content (AvgIpc) is 4.06. The fourth-order valence-electron chi connectivity index (χ4n) is 7.62. The van der Waals surface area contributed by atoms with E-state index in [0.717, 1.165) is 5.56 Å². The van der Waals surface area contributed by atoms with Crippen LogP contribution < -0.4 is 25.3 Å². The molecule has 0 aliphatic carbocycles. The fraction of sp³-hybridized carbons (Fsp3) is 0.256. The Morgan fingerprint density at radius 3 is 1.95 bits per heavy atom. The number of sulfonamides is 1. The summed E-state index contributed by atoms with van der Waals surface area (Å²) in [5, 5.41) is 25.5. The maximum Gasteiger partial charge on any atom is 0.245 e.